The van der Waals surface area contributed by atoms with Crippen molar-refractivity contribution in [2.45, 2.75) is 26.7 Å². The quantitative estimate of drug-likeness (QED) is 0.621. The van der Waals surface area contributed by atoms with Crippen LogP contribution >= 0.6 is 17.0 Å². The third kappa shape index (κ3) is 3.21. The zero-order chi connectivity index (χ0) is 6.04. The molecule has 0 saturated carbocycles. The number of nitrogens with one attached hydrogen (secondary N) is 1. The lowest BCUT2D eigenvalue weighted by Gasteiger charge is -2.29. The summed E-state index contributed by atoms with van der Waals surface area (Å²) in [5.74, 6) is 0. The summed E-state index contributed by atoms with van der Waals surface area (Å²) in [6, 6.07) is 0. The van der Waals surface area contributed by atoms with Gasteiger partial charge in [0.1, 0.15) is 0 Å². The van der Waals surface area contributed by atoms with Crippen LogP contribution in [0, 0.1) is 5.41 Å². The summed E-state index contributed by atoms with van der Waals surface area (Å²) >= 11 is 0. The molecule has 1 aliphatic heterocycles. The second kappa shape index (κ2) is 3.57. The van der Waals surface area contributed by atoms with E-state index in [9.17, 15) is 0 Å². The summed E-state index contributed by atoms with van der Waals surface area (Å²) in [6.07, 6.45) is 2.68. The highest BCUT2D eigenvalue weighted by Crippen LogP contribution is 2.25. The molecule has 56 valence electrons. The number of rotatable bonds is 0. The van der Waals surface area contributed by atoms with Crippen molar-refractivity contribution in [3.8, 4) is 0 Å². The maximum Gasteiger partial charge on any atom is -0.00438 e. The average Bonchev–Trinajstić information content (AvgIpc) is 1.65. The van der Waals surface area contributed by atoms with Gasteiger partial charge in [0.25, 0.3) is 0 Å². The van der Waals surface area contributed by atoms with Gasteiger partial charge in [0, 0.05) is 0 Å². The molecule has 0 atom stereocenters. The van der Waals surface area contributed by atoms with Crippen LogP contribution in [0.4, 0.5) is 0 Å². The highest BCUT2D eigenvalue weighted by Gasteiger charge is 2.19. The summed E-state index contributed by atoms with van der Waals surface area (Å²) < 4.78 is 0. The highest BCUT2D eigenvalue weighted by atomic mass is 79.9. The van der Waals surface area contributed by atoms with Gasteiger partial charge in [-0.1, -0.05) is 13.8 Å². The van der Waals surface area contributed by atoms with Gasteiger partial charge in [-0.25, -0.2) is 0 Å². The molecular formula is C7H16BrN. The number of hydrogen-bond donors (Lipinski definition) is 1. The number of hydrogen-bond acceptors (Lipinski definition) is 1. The Kier molecular flexibility index (Phi) is 3.74. The van der Waals surface area contributed by atoms with E-state index in [4.69, 9.17) is 0 Å². The molecule has 0 unspecified atom stereocenters. The van der Waals surface area contributed by atoms with E-state index < -0.39 is 0 Å². The van der Waals surface area contributed by atoms with Gasteiger partial charge >= 0.3 is 0 Å². The Bertz CT molecular complexity index is 73.0. The normalized spacial score (nSPS) is 24.7. The lowest BCUT2D eigenvalue weighted by atomic mass is 9.83. The van der Waals surface area contributed by atoms with E-state index in [1.54, 1.807) is 0 Å². The fraction of sp³-hybridized carbons (Fsp3) is 1.00. The van der Waals surface area contributed by atoms with E-state index in [0.717, 1.165) is 0 Å². The Morgan fingerprint density at radius 1 is 1.11 bits per heavy atom. The van der Waals surface area contributed by atoms with Gasteiger partial charge < -0.3 is 5.32 Å². The first-order valence-electron chi connectivity index (χ1n) is 3.41. The summed E-state index contributed by atoms with van der Waals surface area (Å²) in [7, 11) is 0. The third-order valence-electron chi connectivity index (χ3n) is 1.96. The Morgan fingerprint density at radius 3 is 1.78 bits per heavy atom. The minimum Gasteiger partial charge on any atom is -0.317 e. The Balaban J connectivity index is 0.000000640. The molecule has 1 rings (SSSR count). The van der Waals surface area contributed by atoms with Crippen molar-refractivity contribution in [2.75, 3.05) is 13.1 Å². The minimum atomic E-state index is 0. The molecule has 1 nitrogen and oxygen atoms in total. The van der Waals surface area contributed by atoms with Crippen molar-refractivity contribution in [2.24, 2.45) is 5.41 Å². The van der Waals surface area contributed by atoms with Crippen LogP contribution in [0.5, 0.6) is 0 Å². The van der Waals surface area contributed by atoms with Crippen LogP contribution < -0.4 is 5.32 Å². The summed E-state index contributed by atoms with van der Waals surface area (Å²) in [5, 5.41) is 3.34. The largest absolute Gasteiger partial charge is 0.317 e. The van der Waals surface area contributed by atoms with Crippen LogP contribution in [-0.2, 0) is 0 Å². The van der Waals surface area contributed by atoms with Crippen LogP contribution in [0.15, 0.2) is 0 Å². The standard InChI is InChI=1S/C7H15N.BrH/c1-7(2)3-5-8-6-4-7;/h8H,3-6H2,1-2H3;1H. The smallest absolute Gasteiger partial charge is 0.00438 e. The Labute approximate surface area is 68.0 Å². The second-order valence-corrected chi connectivity index (χ2v) is 3.41. The summed E-state index contributed by atoms with van der Waals surface area (Å²) in [6.45, 7) is 7.11. The number of piperidine rings is 1. The Morgan fingerprint density at radius 2 is 1.56 bits per heavy atom. The fourth-order valence-electron chi connectivity index (χ4n) is 1.10. The average molecular weight is 194 g/mol. The molecule has 0 spiro atoms. The summed E-state index contributed by atoms with van der Waals surface area (Å²) in [5.41, 5.74) is 0.616. The minimum absolute atomic E-state index is 0. The first-order valence-corrected chi connectivity index (χ1v) is 3.41. The van der Waals surface area contributed by atoms with Gasteiger partial charge in [0.2, 0.25) is 0 Å². The molecule has 0 aromatic rings. The molecule has 9 heavy (non-hydrogen) atoms. The van der Waals surface area contributed by atoms with Crippen LogP contribution in [-0.4, -0.2) is 13.1 Å². The molecule has 0 aliphatic carbocycles. The molecule has 0 aromatic carbocycles. The molecule has 2 heteroatoms. The molecule has 1 aliphatic rings. The highest BCUT2D eigenvalue weighted by molar-refractivity contribution is 8.93. The topological polar surface area (TPSA) is 12.0 Å². The van der Waals surface area contributed by atoms with Crippen molar-refractivity contribution in [1.29, 1.82) is 0 Å². The van der Waals surface area contributed by atoms with Crippen LogP contribution in [0.25, 0.3) is 0 Å². The van der Waals surface area contributed by atoms with E-state index in [2.05, 4.69) is 19.2 Å². The molecular weight excluding hydrogens is 178 g/mol. The zero-order valence-electron chi connectivity index (χ0n) is 6.24. The van der Waals surface area contributed by atoms with Crippen molar-refractivity contribution >= 4 is 17.0 Å². The maximum absolute atomic E-state index is 3.34. The van der Waals surface area contributed by atoms with Crippen molar-refractivity contribution in [3.63, 3.8) is 0 Å². The van der Waals surface area contributed by atoms with Crippen molar-refractivity contribution in [1.82, 2.24) is 5.32 Å². The van der Waals surface area contributed by atoms with Crippen LogP contribution in [0.3, 0.4) is 0 Å². The fourth-order valence-corrected chi connectivity index (χ4v) is 1.10. The van der Waals surface area contributed by atoms with Gasteiger partial charge in [-0.15, -0.1) is 17.0 Å². The summed E-state index contributed by atoms with van der Waals surface area (Å²) in [4.78, 5) is 0. The van der Waals surface area contributed by atoms with Crippen molar-refractivity contribution in [3.05, 3.63) is 0 Å². The molecule has 0 radical (unpaired) electrons. The molecule has 0 bridgehead atoms. The van der Waals surface area contributed by atoms with E-state index in [1.807, 2.05) is 0 Å². The zero-order valence-corrected chi connectivity index (χ0v) is 7.95. The molecule has 0 amide bonds. The predicted octanol–water partition coefficient (Wildman–Crippen LogP) is 1.97. The monoisotopic (exact) mass is 193 g/mol. The van der Waals surface area contributed by atoms with E-state index in [-0.39, 0.29) is 17.0 Å². The van der Waals surface area contributed by atoms with Crippen LogP contribution in [0.1, 0.15) is 26.7 Å². The van der Waals surface area contributed by atoms with E-state index >= 15 is 0 Å². The van der Waals surface area contributed by atoms with Crippen LogP contribution in [0.2, 0.25) is 0 Å². The predicted molar refractivity (Wildman–Crippen MR) is 46.2 cm³/mol. The maximum atomic E-state index is 3.34. The number of halogens is 1. The first-order chi connectivity index (χ1) is 3.71. The molecule has 1 saturated heterocycles. The SMILES string of the molecule is Br.CC1(C)CCNCC1. The first kappa shape index (κ1) is 9.44. The molecule has 1 fully saturated rings. The van der Waals surface area contributed by atoms with E-state index in [1.165, 1.54) is 25.9 Å². The lowest BCUT2D eigenvalue weighted by molar-refractivity contribution is 0.259. The van der Waals surface area contributed by atoms with Gasteiger partial charge in [-0.05, 0) is 31.3 Å². The van der Waals surface area contributed by atoms with Gasteiger partial charge in [-0.2, -0.15) is 0 Å². The molecule has 1 heterocycles. The second-order valence-electron chi connectivity index (χ2n) is 3.41. The Hall–Kier alpha value is 0.440. The van der Waals surface area contributed by atoms with E-state index in [0.29, 0.717) is 5.41 Å². The van der Waals surface area contributed by atoms with Gasteiger partial charge in [0.15, 0.2) is 0 Å². The van der Waals surface area contributed by atoms with Gasteiger partial charge in [-0.3, -0.25) is 0 Å². The lowest BCUT2D eigenvalue weighted by Crippen LogP contribution is -2.32. The third-order valence-corrected chi connectivity index (χ3v) is 1.96. The van der Waals surface area contributed by atoms with Gasteiger partial charge in [0.05, 0.1) is 0 Å². The molecule has 1 N–H and O–H groups in total. The molecule has 0 aromatic heterocycles. The van der Waals surface area contributed by atoms with Crippen molar-refractivity contribution < 1.29 is 0 Å².